The van der Waals surface area contributed by atoms with Gasteiger partial charge in [0.2, 0.25) is 5.78 Å². The molecule has 1 atom stereocenters. The van der Waals surface area contributed by atoms with Crippen LogP contribution in [0.2, 0.25) is 0 Å². The van der Waals surface area contributed by atoms with Crippen LogP contribution in [-0.4, -0.2) is 18.9 Å². The molecule has 92 valence electrons. The van der Waals surface area contributed by atoms with Gasteiger partial charge in [-0.05, 0) is 24.8 Å². The molecule has 0 N–H and O–H groups in total. The number of benzene rings is 1. The molecular weight excluding hydrogens is 216 g/mol. The van der Waals surface area contributed by atoms with Crippen LogP contribution in [-0.2, 0) is 14.3 Å². The average molecular weight is 234 g/mol. The van der Waals surface area contributed by atoms with E-state index in [0.29, 0.717) is 0 Å². The largest absolute Gasteiger partial charge is 0.463 e. The van der Waals surface area contributed by atoms with Crippen LogP contribution in [0.15, 0.2) is 24.3 Å². The van der Waals surface area contributed by atoms with Gasteiger partial charge in [0.15, 0.2) is 0 Å². The number of ether oxygens (including phenoxy) is 1. The zero-order valence-electron chi connectivity index (χ0n) is 10.5. The Morgan fingerprint density at radius 2 is 1.82 bits per heavy atom. The predicted molar refractivity (Wildman–Crippen MR) is 65.9 cm³/mol. The number of carbonyl (C=O) groups is 2. The maximum Gasteiger partial charge on any atom is 0.374 e. The monoisotopic (exact) mass is 234 g/mol. The Kier molecular flexibility index (Phi) is 4.88. The van der Waals surface area contributed by atoms with Crippen molar-refractivity contribution in [1.82, 2.24) is 0 Å². The van der Waals surface area contributed by atoms with Crippen LogP contribution < -0.4 is 0 Å². The molecule has 0 unspecified atom stereocenters. The molecule has 1 aromatic rings. The summed E-state index contributed by atoms with van der Waals surface area (Å²) in [6.45, 7) is 4.03. The number of rotatable bonds is 5. The SMILES string of the molecule is CC[C@H](CC(=O)C(=O)OC)c1ccc(C)cc1. The Morgan fingerprint density at radius 1 is 1.24 bits per heavy atom. The highest BCUT2D eigenvalue weighted by Crippen LogP contribution is 2.23. The number of aryl methyl sites for hydroxylation is 1. The molecule has 0 aliphatic heterocycles. The van der Waals surface area contributed by atoms with E-state index in [9.17, 15) is 9.59 Å². The molecular formula is C14H18O3. The van der Waals surface area contributed by atoms with Crippen LogP contribution in [0.25, 0.3) is 0 Å². The maximum absolute atomic E-state index is 11.5. The predicted octanol–water partition coefficient (Wildman–Crippen LogP) is 2.62. The normalized spacial score (nSPS) is 11.9. The van der Waals surface area contributed by atoms with Gasteiger partial charge in [0, 0.05) is 6.42 Å². The molecule has 17 heavy (non-hydrogen) atoms. The topological polar surface area (TPSA) is 43.4 Å². The van der Waals surface area contributed by atoms with Crippen molar-refractivity contribution in [1.29, 1.82) is 0 Å². The van der Waals surface area contributed by atoms with Gasteiger partial charge in [0.25, 0.3) is 0 Å². The van der Waals surface area contributed by atoms with Gasteiger partial charge < -0.3 is 4.74 Å². The number of Topliss-reactive ketones (excluding diaryl/α,β-unsaturated/α-hetero) is 1. The van der Waals surface area contributed by atoms with Crippen molar-refractivity contribution in [2.75, 3.05) is 7.11 Å². The fourth-order valence-electron chi connectivity index (χ4n) is 1.76. The second kappa shape index (κ2) is 6.18. The molecule has 3 nitrogen and oxygen atoms in total. The smallest absolute Gasteiger partial charge is 0.374 e. The summed E-state index contributed by atoms with van der Waals surface area (Å²) in [5.74, 6) is -1.13. The Balaban J connectivity index is 2.75. The number of hydrogen-bond donors (Lipinski definition) is 0. The molecule has 0 spiro atoms. The number of ketones is 1. The van der Waals surface area contributed by atoms with Gasteiger partial charge in [-0.2, -0.15) is 0 Å². The molecule has 0 aliphatic rings. The Labute approximate surface area is 102 Å². The molecule has 0 aromatic heterocycles. The van der Waals surface area contributed by atoms with Crippen molar-refractivity contribution in [2.24, 2.45) is 0 Å². The Bertz CT molecular complexity index is 392. The van der Waals surface area contributed by atoms with Gasteiger partial charge in [0.1, 0.15) is 0 Å². The van der Waals surface area contributed by atoms with Gasteiger partial charge in [0.05, 0.1) is 7.11 Å². The first-order chi connectivity index (χ1) is 8.08. The third-order valence-electron chi connectivity index (χ3n) is 2.89. The van der Waals surface area contributed by atoms with Crippen molar-refractivity contribution < 1.29 is 14.3 Å². The van der Waals surface area contributed by atoms with Crippen LogP contribution >= 0.6 is 0 Å². The minimum atomic E-state index is -0.754. The molecule has 0 saturated heterocycles. The summed E-state index contributed by atoms with van der Waals surface area (Å²) >= 11 is 0. The van der Waals surface area contributed by atoms with Crippen molar-refractivity contribution in [2.45, 2.75) is 32.6 Å². The summed E-state index contributed by atoms with van der Waals surface area (Å²) in [6, 6.07) is 8.04. The Hall–Kier alpha value is -1.64. The minimum absolute atomic E-state index is 0.0854. The van der Waals surface area contributed by atoms with Crippen molar-refractivity contribution in [3.05, 3.63) is 35.4 Å². The van der Waals surface area contributed by atoms with E-state index in [1.54, 1.807) is 0 Å². The minimum Gasteiger partial charge on any atom is -0.463 e. The summed E-state index contributed by atoms with van der Waals surface area (Å²) in [4.78, 5) is 22.6. The first-order valence-corrected chi connectivity index (χ1v) is 5.76. The first kappa shape index (κ1) is 13.4. The van der Waals surface area contributed by atoms with Gasteiger partial charge in [-0.25, -0.2) is 4.79 Å². The van der Waals surface area contributed by atoms with E-state index in [1.165, 1.54) is 12.7 Å². The number of esters is 1. The zero-order chi connectivity index (χ0) is 12.8. The molecule has 0 heterocycles. The summed E-state index contributed by atoms with van der Waals surface area (Å²) in [5, 5.41) is 0. The van der Waals surface area contributed by atoms with Gasteiger partial charge in [-0.3, -0.25) is 4.79 Å². The number of hydrogen-bond acceptors (Lipinski definition) is 3. The van der Waals surface area contributed by atoms with Crippen LogP contribution in [0.3, 0.4) is 0 Å². The first-order valence-electron chi connectivity index (χ1n) is 5.76. The van der Waals surface area contributed by atoms with Gasteiger partial charge in [-0.15, -0.1) is 0 Å². The van der Waals surface area contributed by atoms with E-state index < -0.39 is 11.8 Å². The zero-order valence-corrected chi connectivity index (χ0v) is 10.5. The lowest BCUT2D eigenvalue weighted by molar-refractivity contribution is -0.151. The van der Waals surface area contributed by atoms with E-state index in [4.69, 9.17) is 0 Å². The highest BCUT2D eigenvalue weighted by molar-refractivity contribution is 6.33. The van der Waals surface area contributed by atoms with Crippen LogP contribution in [0, 0.1) is 6.92 Å². The van der Waals surface area contributed by atoms with Crippen LogP contribution in [0.5, 0.6) is 0 Å². The second-order valence-corrected chi connectivity index (χ2v) is 4.13. The quantitative estimate of drug-likeness (QED) is 0.581. The average Bonchev–Trinajstić information content (AvgIpc) is 2.35. The van der Waals surface area contributed by atoms with E-state index in [0.717, 1.165) is 12.0 Å². The van der Waals surface area contributed by atoms with Gasteiger partial charge in [-0.1, -0.05) is 36.8 Å². The highest BCUT2D eigenvalue weighted by Gasteiger charge is 2.20. The molecule has 0 aliphatic carbocycles. The summed E-state index contributed by atoms with van der Waals surface area (Å²) in [7, 11) is 1.23. The van der Waals surface area contributed by atoms with E-state index in [1.807, 2.05) is 38.1 Å². The fourth-order valence-corrected chi connectivity index (χ4v) is 1.76. The van der Waals surface area contributed by atoms with E-state index >= 15 is 0 Å². The van der Waals surface area contributed by atoms with E-state index in [2.05, 4.69) is 4.74 Å². The molecule has 1 aromatic carbocycles. The number of carbonyl (C=O) groups excluding carboxylic acids is 2. The Morgan fingerprint density at radius 3 is 2.29 bits per heavy atom. The van der Waals surface area contributed by atoms with Crippen LogP contribution in [0.4, 0.5) is 0 Å². The lowest BCUT2D eigenvalue weighted by Crippen LogP contribution is -2.18. The molecule has 1 rings (SSSR count). The third kappa shape index (κ3) is 3.70. The number of methoxy groups -OCH3 is 1. The van der Waals surface area contributed by atoms with E-state index in [-0.39, 0.29) is 12.3 Å². The van der Waals surface area contributed by atoms with Crippen molar-refractivity contribution in [3.63, 3.8) is 0 Å². The second-order valence-electron chi connectivity index (χ2n) is 4.13. The molecule has 0 fully saturated rings. The fraction of sp³-hybridized carbons (Fsp3) is 0.429. The summed E-state index contributed by atoms with van der Waals surface area (Å²) in [5.41, 5.74) is 2.28. The molecule has 3 heteroatoms. The molecule has 0 radical (unpaired) electrons. The van der Waals surface area contributed by atoms with Crippen molar-refractivity contribution >= 4 is 11.8 Å². The third-order valence-corrected chi connectivity index (χ3v) is 2.89. The van der Waals surface area contributed by atoms with Crippen molar-refractivity contribution in [3.8, 4) is 0 Å². The lowest BCUT2D eigenvalue weighted by atomic mass is 9.91. The molecule has 0 saturated carbocycles. The summed E-state index contributed by atoms with van der Waals surface area (Å²) < 4.78 is 4.42. The standard InChI is InChI=1S/C14H18O3/c1-4-11(9-13(15)14(16)17-3)12-7-5-10(2)6-8-12/h5-8,11H,4,9H2,1-3H3/t11-/m1/s1. The summed E-state index contributed by atoms with van der Waals surface area (Å²) in [6.07, 6.45) is 1.04. The highest BCUT2D eigenvalue weighted by atomic mass is 16.5. The van der Waals surface area contributed by atoms with Gasteiger partial charge >= 0.3 is 5.97 Å². The van der Waals surface area contributed by atoms with Crippen LogP contribution in [0.1, 0.15) is 36.8 Å². The molecule has 0 bridgehead atoms. The molecule has 0 amide bonds. The maximum atomic E-state index is 11.5. The lowest BCUT2D eigenvalue weighted by Gasteiger charge is -2.14.